The first-order chi connectivity index (χ1) is 11.3. The molecule has 0 bridgehead atoms. The number of rotatable bonds is 5. The molecule has 0 unspecified atom stereocenters. The van der Waals surface area contributed by atoms with Crippen molar-refractivity contribution in [1.29, 1.82) is 0 Å². The van der Waals surface area contributed by atoms with E-state index in [1.54, 1.807) is 33.8 Å². The molecule has 0 radical (unpaired) electrons. The van der Waals surface area contributed by atoms with Gasteiger partial charge in [-0.25, -0.2) is 0 Å². The third-order valence-electron chi connectivity index (χ3n) is 3.77. The summed E-state index contributed by atoms with van der Waals surface area (Å²) in [6, 6.07) is 9.29. The molecule has 0 saturated carbocycles. The van der Waals surface area contributed by atoms with E-state index in [4.69, 9.17) is 9.47 Å². The molecule has 4 nitrogen and oxygen atoms in total. The lowest BCUT2D eigenvalue weighted by Gasteiger charge is -2.17. The molecule has 4 heteroatoms. The SMILES string of the molecule is CCc1cc(OC(=O)C(C)C)c2ccccc2c1OC(=O)C(C)C. The Labute approximate surface area is 142 Å². The molecule has 2 aromatic carbocycles. The molecule has 0 heterocycles. The van der Waals surface area contributed by atoms with Crippen molar-refractivity contribution in [3.05, 3.63) is 35.9 Å². The van der Waals surface area contributed by atoms with E-state index >= 15 is 0 Å². The van der Waals surface area contributed by atoms with Gasteiger partial charge in [-0.05, 0) is 18.1 Å². The molecular weight excluding hydrogens is 304 g/mol. The van der Waals surface area contributed by atoms with Crippen LogP contribution in [-0.2, 0) is 16.0 Å². The van der Waals surface area contributed by atoms with Gasteiger partial charge in [0.25, 0.3) is 0 Å². The molecule has 0 amide bonds. The van der Waals surface area contributed by atoms with Crippen LogP contribution in [0.15, 0.2) is 30.3 Å². The van der Waals surface area contributed by atoms with Gasteiger partial charge in [-0.15, -0.1) is 0 Å². The van der Waals surface area contributed by atoms with Gasteiger partial charge in [0.15, 0.2) is 0 Å². The maximum Gasteiger partial charge on any atom is 0.313 e. The number of hydrogen-bond donors (Lipinski definition) is 0. The Bertz CT molecular complexity index is 760. The Balaban J connectivity index is 2.59. The zero-order valence-electron chi connectivity index (χ0n) is 14.9. The fourth-order valence-corrected chi connectivity index (χ4v) is 2.28. The zero-order chi connectivity index (χ0) is 17.9. The predicted octanol–water partition coefficient (Wildman–Crippen LogP) is 4.53. The number of carbonyl (C=O) groups excluding carboxylic acids is 2. The monoisotopic (exact) mass is 328 g/mol. The minimum absolute atomic E-state index is 0.215. The van der Waals surface area contributed by atoms with Gasteiger partial charge in [0.05, 0.1) is 11.8 Å². The first-order valence-electron chi connectivity index (χ1n) is 8.33. The number of fused-ring (bicyclic) bond motifs is 1. The van der Waals surface area contributed by atoms with Crippen LogP contribution in [0.4, 0.5) is 0 Å². The van der Waals surface area contributed by atoms with Crippen molar-refractivity contribution in [3.8, 4) is 11.5 Å². The zero-order valence-corrected chi connectivity index (χ0v) is 14.9. The van der Waals surface area contributed by atoms with Crippen LogP contribution in [0.2, 0.25) is 0 Å². The van der Waals surface area contributed by atoms with Gasteiger partial charge in [-0.1, -0.05) is 58.9 Å². The van der Waals surface area contributed by atoms with Crippen molar-refractivity contribution in [2.75, 3.05) is 0 Å². The number of ether oxygens (including phenoxy) is 2. The van der Waals surface area contributed by atoms with Crippen LogP contribution in [0, 0.1) is 11.8 Å². The van der Waals surface area contributed by atoms with E-state index in [-0.39, 0.29) is 23.8 Å². The highest BCUT2D eigenvalue weighted by molar-refractivity contribution is 5.97. The minimum Gasteiger partial charge on any atom is -0.426 e. The molecular formula is C20H24O4. The van der Waals surface area contributed by atoms with E-state index in [1.807, 2.05) is 31.2 Å². The van der Waals surface area contributed by atoms with Crippen molar-refractivity contribution >= 4 is 22.7 Å². The van der Waals surface area contributed by atoms with Gasteiger partial charge in [0, 0.05) is 10.8 Å². The maximum absolute atomic E-state index is 12.1. The van der Waals surface area contributed by atoms with E-state index in [1.165, 1.54) is 0 Å². The Morgan fingerprint density at radius 3 is 2.00 bits per heavy atom. The standard InChI is InChI=1S/C20H24O4/c1-6-14-11-17(23-19(21)12(2)3)15-9-7-8-10-16(15)18(14)24-20(22)13(4)5/h7-13H,6H2,1-5H3. The Morgan fingerprint density at radius 1 is 0.917 bits per heavy atom. The summed E-state index contributed by atoms with van der Waals surface area (Å²) in [4.78, 5) is 24.1. The number of carbonyl (C=O) groups is 2. The van der Waals surface area contributed by atoms with Gasteiger partial charge >= 0.3 is 11.9 Å². The lowest BCUT2D eigenvalue weighted by atomic mass is 10.0. The third kappa shape index (κ3) is 3.75. The highest BCUT2D eigenvalue weighted by Gasteiger charge is 2.19. The quantitative estimate of drug-likeness (QED) is 0.598. The molecule has 2 rings (SSSR count). The first-order valence-corrected chi connectivity index (χ1v) is 8.33. The summed E-state index contributed by atoms with van der Waals surface area (Å²) in [6.07, 6.45) is 0.664. The first kappa shape index (κ1) is 18.0. The van der Waals surface area contributed by atoms with Crippen LogP contribution < -0.4 is 9.47 Å². The lowest BCUT2D eigenvalue weighted by molar-refractivity contribution is -0.138. The third-order valence-corrected chi connectivity index (χ3v) is 3.77. The molecule has 128 valence electrons. The summed E-state index contributed by atoms with van der Waals surface area (Å²) in [6.45, 7) is 9.17. The number of aryl methyl sites for hydroxylation is 1. The van der Waals surface area contributed by atoms with E-state index in [0.717, 1.165) is 16.3 Å². The summed E-state index contributed by atoms with van der Waals surface area (Å²) >= 11 is 0. The lowest BCUT2D eigenvalue weighted by Crippen LogP contribution is -2.17. The second-order valence-electron chi connectivity index (χ2n) is 6.41. The van der Waals surface area contributed by atoms with E-state index in [0.29, 0.717) is 17.9 Å². The smallest absolute Gasteiger partial charge is 0.313 e. The van der Waals surface area contributed by atoms with Crippen molar-refractivity contribution in [1.82, 2.24) is 0 Å². The highest BCUT2D eigenvalue weighted by Crippen LogP contribution is 2.37. The van der Waals surface area contributed by atoms with Crippen LogP contribution in [0.25, 0.3) is 10.8 Å². The Kier molecular flexibility index (Phi) is 5.60. The summed E-state index contributed by atoms with van der Waals surface area (Å²) in [7, 11) is 0. The van der Waals surface area contributed by atoms with Gasteiger partial charge in [0.2, 0.25) is 0 Å². The molecule has 0 atom stereocenters. The van der Waals surface area contributed by atoms with Crippen molar-refractivity contribution < 1.29 is 19.1 Å². The average Bonchev–Trinajstić information content (AvgIpc) is 2.56. The fourth-order valence-electron chi connectivity index (χ4n) is 2.28. The number of hydrogen-bond acceptors (Lipinski definition) is 4. The van der Waals surface area contributed by atoms with Crippen molar-refractivity contribution in [2.45, 2.75) is 41.0 Å². The highest BCUT2D eigenvalue weighted by atomic mass is 16.5. The van der Waals surface area contributed by atoms with Crippen molar-refractivity contribution in [3.63, 3.8) is 0 Å². The van der Waals surface area contributed by atoms with Gasteiger partial charge in [0.1, 0.15) is 11.5 Å². The molecule has 0 saturated heterocycles. The predicted molar refractivity (Wildman–Crippen MR) is 94.3 cm³/mol. The largest absolute Gasteiger partial charge is 0.426 e. The van der Waals surface area contributed by atoms with Crippen LogP contribution in [-0.4, -0.2) is 11.9 Å². The van der Waals surface area contributed by atoms with Crippen LogP contribution in [0.3, 0.4) is 0 Å². The van der Waals surface area contributed by atoms with E-state index in [2.05, 4.69) is 0 Å². The summed E-state index contributed by atoms with van der Waals surface area (Å²) in [5.41, 5.74) is 0.842. The van der Waals surface area contributed by atoms with Gasteiger partial charge in [-0.2, -0.15) is 0 Å². The molecule has 0 spiro atoms. The summed E-state index contributed by atoms with van der Waals surface area (Å²) < 4.78 is 11.2. The Hall–Kier alpha value is -2.36. The molecule has 0 aromatic heterocycles. The maximum atomic E-state index is 12.1. The molecule has 0 aliphatic carbocycles. The van der Waals surface area contributed by atoms with Crippen LogP contribution in [0.5, 0.6) is 11.5 Å². The molecule has 0 N–H and O–H groups in total. The molecule has 24 heavy (non-hydrogen) atoms. The van der Waals surface area contributed by atoms with E-state index < -0.39 is 0 Å². The molecule has 0 aliphatic rings. The number of esters is 2. The molecule has 0 aliphatic heterocycles. The van der Waals surface area contributed by atoms with Crippen LogP contribution in [0.1, 0.15) is 40.2 Å². The van der Waals surface area contributed by atoms with Crippen LogP contribution >= 0.6 is 0 Å². The molecule has 2 aromatic rings. The Morgan fingerprint density at radius 2 is 1.46 bits per heavy atom. The summed E-state index contributed by atoms with van der Waals surface area (Å²) in [5, 5.41) is 1.53. The van der Waals surface area contributed by atoms with Gasteiger partial charge < -0.3 is 9.47 Å². The van der Waals surface area contributed by atoms with Crippen molar-refractivity contribution in [2.24, 2.45) is 11.8 Å². The normalized spacial score (nSPS) is 11.1. The van der Waals surface area contributed by atoms with E-state index in [9.17, 15) is 9.59 Å². The second-order valence-corrected chi connectivity index (χ2v) is 6.41. The minimum atomic E-state index is -0.283. The fraction of sp³-hybridized carbons (Fsp3) is 0.400. The average molecular weight is 328 g/mol. The van der Waals surface area contributed by atoms with Gasteiger partial charge in [-0.3, -0.25) is 9.59 Å². The second kappa shape index (κ2) is 7.47. The number of benzene rings is 2. The summed E-state index contributed by atoms with van der Waals surface area (Å²) in [5.74, 6) is 0.0664. The molecule has 0 fully saturated rings. The topological polar surface area (TPSA) is 52.6 Å².